The van der Waals surface area contributed by atoms with Gasteiger partial charge in [0.05, 0.1) is 13.2 Å². The molecular weight excluding hydrogens is 572 g/mol. The minimum absolute atomic E-state index is 0.0144. The Hall–Kier alpha value is -4.33. The molecule has 13 heteroatoms. The summed E-state index contributed by atoms with van der Waals surface area (Å²) in [7, 11) is 4.20. The number of aromatic nitrogens is 3. The molecule has 0 unspecified atom stereocenters. The Morgan fingerprint density at radius 3 is 1.84 bits per heavy atom. The fourth-order valence-corrected chi connectivity index (χ4v) is 5.66. The van der Waals surface area contributed by atoms with Gasteiger partial charge in [0.2, 0.25) is 11.9 Å². The molecule has 0 saturated carbocycles. The molecule has 3 aromatic rings. The minimum Gasteiger partial charge on any atom is -0.378 e. The first kappa shape index (κ1) is 30.7. The van der Waals surface area contributed by atoms with E-state index in [1.54, 1.807) is 24.3 Å². The number of nitrogens with one attached hydrogen (secondary N) is 2. The van der Waals surface area contributed by atoms with Crippen molar-refractivity contribution in [1.82, 2.24) is 29.7 Å². The Morgan fingerprint density at radius 1 is 0.644 bits per heavy atom. The Bertz CT molecular complexity index is 1460. The topological polar surface area (TPSA) is 122 Å². The van der Waals surface area contributed by atoms with Crippen molar-refractivity contribution in [2.45, 2.75) is 6.42 Å². The van der Waals surface area contributed by atoms with E-state index < -0.39 is 0 Å². The van der Waals surface area contributed by atoms with E-state index in [1.807, 2.05) is 29.2 Å². The molecule has 13 nitrogen and oxygen atoms in total. The Morgan fingerprint density at radius 2 is 1.20 bits per heavy atom. The lowest BCUT2D eigenvalue weighted by atomic mass is 10.1. The third-order valence-corrected chi connectivity index (χ3v) is 8.49. The fourth-order valence-electron chi connectivity index (χ4n) is 5.66. The van der Waals surface area contributed by atoms with Gasteiger partial charge >= 0.3 is 6.03 Å². The molecule has 238 valence electrons. The fraction of sp³-hybridized carbons (Fsp3) is 0.469. The van der Waals surface area contributed by atoms with Crippen LogP contribution in [-0.2, 0) is 4.74 Å². The predicted molar refractivity (Wildman–Crippen MR) is 175 cm³/mol. The van der Waals surface area contributed by atoms with E-state index in [0.717, 1.165) is 77.4 Å². The van der Waals surface area contributed by atoms with Crippen LogP contribution in [0.5, 0.6) is 0 Å². The number of urea groups is 1. The van der Waals surface area contributed by atoms with Crippen LogP contribution in [0.3, 0.4) is 0 Å². The number of carbonyl (C=O) groups excluding carboxylic acids is 2. The average molecular weight is 615 g/mol. The van der Waals surface area contributed by atoms with Crippen LogP contribution in [0.15, 0.2) is 48.5 Å². The first-order chi connectivity index (χ1) is 21.9. The highest BCUT2D eigenvalue weighted by Gasteiger charge is 2.22. The lowest BCUT2D eigenvalue weighted by Crippen LogP contribution is -2.47. The molecule has 3 amide bonds. The average Bonchev–Trinajstić information content (AvgIpc) is 3.30. The molecule has 0 atom stereocenters. The summed E-state index contributed by atoms with van der Waals surface area (Å²) in [6.07, 6.45) is 1.05. The molecule has 0 radical (unpaired) electrons. The number of rotatable bonds is 6. The molecule has 0 spiro atoms. The highest BCUT2D eigenvalue weighted by Crippen LogP contribution is 2.24. The van der Waals surface area contributed by atoms with Crippen molar-refractivity contribution in [3.8, 4) is 11.4 Å². The van der Waals surface area contributed by atoms with Crippen molar-refractivity contribution in [3.05, 3.63) is 54.1 Å². The van der Waals surface area contributed by atoms with Crippen LogP contribution >= 0.6 is 0 Å². The maximum absolute atomic E-state index is 12.8. The van der Waals surface area contributed by atoms with Crippen molar-refractivity contribution in [2.24, 2.45) is 0 Å². The maximum atomic E-state index is 12.8. The van der Waals surface area contributed by atoms with E-state index in [0.29, 0.717) is 47.9 Å². The Kier molecular flexibility index (Phi) is 9.67. The molecule has 45 heavy (non-hydrogen) atoms. The molecule has 3 saturated heterocycles. The molecular formula is C32H42N10O3. The van der Waals surface area contributed by atoms with Gasteiger partial charge in [-0.25, -0.2) is 4.79 Å². The van der Waals surface area contributed by atoms with E-state index >= 15 is 0 Å². The molecule has 2 N–H and O–H groups in total. The smallest absolute Gasteiger partial charge is 0.323 e. The number of ether oxygens (including phenoxy) is 1. The van der Waals surface area contributed by atoms with E-state index in [9.17, 15) is 9.59 Å². The monoisotopic (exact) mass is 614 g/mol. The van der Waals surface area contributed by atoms with E-state index in [4.69, 9.17) is 19.7 Å². The van der Waals surface area contributed by atoms with Crippen LogP contribution in [0.2, 0.25) is 0 Å². The molecule has 2 aromatic carbocycles. The van der Waals surface area contributed by atoms with Gasteiger partial charge in [0.15, 0.2) is 5.82 Å². The summed E-state index contributed by atoms with van der Waals surface area (Å²) in [5.41, 5.74) is 2.69. The van der Waals surface area contributed by atoms with E-state index in [-0.39, 0.29) is 11.9 Å². The zero-order valence-corrected chi connectivity index (χ0v) is 26.1. The number of hydrogen-bond acceptors (Lipinski definition) is 10. The number of carbonyl (C=O) groups is 2. The molecule has 6 rings (SSSR count). The largest absolute Gasteiger partial charge is 0.378 e. The zero-order chi connectivity index (χ0) is 31.2. The summed E-state index contributed by atoms with van der Waals surface area (Å²) in [5.74, 6) is 1.96. The number of nitrogens with zero attached hydrogens (tertiary/aromatic N) is 8. The standard InChI is InChI=1S/C32H42N10O3/c1-38-12-3-13-41(19-16-38)30-35-28(36-31(37-30)42-20-22-45-23-21-42)24-4-8-26(9-5-24)33-32(44)34-27-10-6-25(7-11-27)29(43)40-17-14-39(2)15-18-40/h4-11H,3,12-23H2,1-2H3,(H2,33,34,44). The summed E-state index contributed by atoms with van der Waals surface area (Å²) in [5, 5.41) is 5.73. The van der Waals surface area contributed by atoms with Crippen LogP contribution in [0, 0.1) is 0 Å². The minimum atomic E-state index is -0.371. The molecule has 0 bridgehead atoms. The van der Waals surface area contributed by atoms with Crippen LogP contribution in [-0.4, -0.2) is 134 Å². The SMILES string of the molecule is CN1CCN(C(=O)c2ccc(NC(=O)Nc3ccc(-c4nc(N5CCOCC5)nc(N5CCCN(C)CC5)n4)cc3)cc2)CC1. The molecule has 4 heterocycles. The van der Waals surface area contributed by atoms with Gasteiger partial charge in [-0.1, -0.05) is 0 Å². The third kappa shape index (κ3) is 7.85. The van der Waals surface area contributed by atoms with Crippen molar-refractivity contribution in [2.75, 3.05) is 113 Å². The number of anilines is 4. The number of benzene rings is 2. The van der Waals surface area contributed by atoms with Gasteiger partial charge in [-0.15, -0.1) is 0 Å². The summed E-state index contributed by atoms with van der Waals surface area (Å²) >= 11 is 0. The number of piperazine rings is 1. The predicted octanol–water partition coefficient (Wildman–Crippen LogP) is 2.55. The van der Waals surface area contributed by atoms with Crippen LogP contribution < -0.4 is 20.4 Å². The first-order valence-electron chi connectivity index (χ1n) is 15.7. The van der Waals surface area contributed by atoms with E-state index in [1.165, 1.54) is 0 Å². The highest BCUT2D eigenvalue weighted by molar-refractivity contribution is 6.00. The lowest BCUT2D eigenvalue weighted by Gasteiger charge is -2.32. The molecule has 0 aliphatic carbocycles. The quantitative estimate of drug-likeness (QED) is 0.429. The maximum Gasteiger partial charge on any atom is 0.323 e. The van der Waals surface area contributed by atoms with Gasteiger partial charge in [0, 0.05) is 81.4 Å². The zero-order valence-electron chi connectivity index (χ0n) is 26.1. The molecule has 3 fully saturated rings. The molecule has 3 aliphatic heterocycles. The summed E-state index contributed by atoms with van der Waals surface area (Å²) in [6, 6.07) is 14.1. The van der Waals surface area contributed by atoms with Crippen LogP contribution in [0.25, 0.3) is 11.4 Å². The third-order valence-electron chi connectivity index (χ3n) is 8.49. The summed E-state index contributed by atoms with van der Waals surface area (Å²) in [4.78, 5) is 51.0. The normalized spacial score (nSPS) is 18.4. The van der Waals surface area contributed by atoms with Gasteiger partial charge in [0.25, 0.3) is 5.91 Å². The van der Waals surface area contributed by atoms with E-state index in [2.05, 4.69) is 44.3 Å². The van der Waals surface area contributed by atoms with Crippen molar-refractivity contribution < 1.29 is 14.3 Å². The van der Waals surface area contributed by atoms with Gasteiger partial charge in [0.1, 0.15) is 0 Å². The first-order valence-corrected chi connectivity index (χ1v) is 15.7. The number of morpholine rings is 1. The lowest BCUT2D eigenvalue weighted by molar-refractivity contribution is 0.0664. The van der Waals surface area contributed by atoms with Crippen molar-refractivity contribution in [3.63, 3.8) is 0 Å². The van der Waals surface area contributed by atoms with Crippen molar-refractivity contribution >= 4 is 35.2 Å². The molecule has 3 aliphatic rings. The second kappa shape index (κ2) is 14.2. The number of amides is 3. The van der Waals surface area contributed by atoms with Crippen LogP contribution in [0.4, 0.5) is 28.1 Å². The van der Waals surface area contributed by atoms with Gasteiger partial charge in [-0.3, -0.25) is 4.79 Å². The van der Waals surface area contributed by atoms with Gasteiger partial charge in [-0.2, -0.15) is 15.0 Å². The number of hydrogen-bond donors (Lipinski definition) is 2. The summed E-state index contributed by atoms with van der Waals surface area (Å²) < 4.78 is 5.55. The Balaban J connectivity index is 1.11. The van der Waals surface area contributed by atoms with Gasteiger partial charge < -0.3 is 39.9 Å². The second-order valence-electron chi connectivity index (χ2n) is 11.8. The Labute approximate surface area is 264 Å². The molecule has 1 aromatic heterocycles. The highest BCUT2D eigenvalue weighted by atomic mass is 16.5. The second-order valence-corrected chi connectivity index (χ2v) is 11.8. The van der Waals surface area contributed by atoms with Crippen LogP contribution in [0.1, 0.15) is 16.8 Å². The van der Waals surface area contributed by atoms with Crippen molar-refractivity contribution in [1.29, 1.82) is 0 Å². The van der Waals surface area contributed by atoms with Gasteiger partial charge in [-0.05, 0) is 75.6 Å². The summed E-state index contributed by atoms with van der Waals surface area (Å²) in [6.45, 7) is 9.69. The number of likely N-dealkylation sites (N-methyl/N-ethyl adjacent to an activating group) is 2.